The molecule has 1 aromatic heterocycles. The average Bonchev–Trinajstić information content (AvgIpc) is 2.75. The van der Waals surface area contributed by atoms with E-state index in [1.54, 1.807) is 24.3 Å². The highest BCUT2D eigenvalue weighted by Gasteiger charge is 2.32. The third-order valence-electron chi connectivity index (χ3n) is 5.12. The van der Waals surface area contributed by atoms with Crippen molar-refractivity contribution in [2.24, 2.45) is 0 Å². The second-order valence-corrected chi connectivity index (χ2v) is 9.43. The summed E-state index contributed by atoms with van der Waals surface area (Å²) in [7, 11) is -3.18. The molecule has 0 radical (unpaired) electrons. The predicted octanol–water partition coefficient (Wildman–Crippen LogP) is 2.10. The van der Waals surface area contributed by atoms with Gasteiger partial charge in [0.05, 0.1) is 11.8 Å². The molecule has 1 N–H and O–H groups in total. The van der Waals surface area contributed by atoms with E-state index in [1.807, 2.05) is 12.1 Å². The molecule has 30 heavy (non-hydrogen) atoms. The fourth-order valence-corrected chi connectivity index (χ4v) is 4.56. The van der Waals surface area contributed by atoms with Crippen LogP contribution in [0.15, 0.2) is 53.3 Å². The van der Waals surface area contributed by atoms with Gasteiger partial charge in [0.15, 0.2) is 0 Å². The Morgan fingerprint density at radius 1 is 1.00 bits per heavy atom. The number of rotatable bonds is 4. The Balaban J connectivity index is 1.49. The molecule has 10 heteroatoms. The molecule has 2 heterocycles. The van der Waals surface area contributed by atoms with E-state index >= 15 is 0 Å². The van der Waals surface area contributed by atoms with E-state index in [4.69, 9.17) is 11.6 Å². The summed E-state index contributed by atoms with van der Waals surface area (Å²) in [6.07, 6.45) is 2.66. The van der Waals surface area contributed by atoms with E-state index in [-0.39, 0.29) is 27.8 Å². The molecule has 0 atom stereocenters. The molecule has 0 saturated carbocycles. The van der Waals surface area contributed by atoms with Crippen LogP contribution in [0.2, 0.25) is 0 Å². The number of Topliss-reactive ketones (excluding diaryl/α,β-unsaturated/α-hetero) is 2. The van der Waals surface area contributed by atoms with Crippen molar-refractivity contribution in [2.45, 2.75) is 0 Å². The van der Waals surface area contributed by atoms with E-state index in [0.29, 0.717) is 31.9 Å². The summed E-state index contributed by atoms with van der Waals surface area (Å²) in [4.78, 5) is 31.2. The van der Waals surface area contributed by atoms with Crippen LogP contribution in [0.5, 0.6) is 0 Å². The van der Waals surface area contributed by atoms with Crippen molar-refractivity contribution in [3.63, 3.8) is 0 Å². The van der Waals surface area contributed by atoms with Gasteiger partial charge in [-0.2, -0.15) is 4.31 Å². The minimum absolute atomic E-state index is 0.0247. The second kappa shape index (κ2) is 7.82. The van der Waals surface area contributed by atoms with Crippen molar-refractivity contribution in [3.8, 4) is 0 Å². The normalized spacial score (nSPS) is 17.9. The zero-order valence-corrected chi connectivity index (χ0v) is 17.7. The lowest BCUT2D eigenvalue weighted by atomic mass is 9.97. The van der Waals surface area contributed by atoms with Crippen LogP contribution in [0.3, 0.4) is 0 Å². The van der Waals surface area contributed by atoms with Gasteiger partial charge in [-0.25, -0.2) is 8.42 Å². The highest BCUT2D eigenvalue weighted by Crippen LogP contribution is 2.29. The molecule has 1 saturated heterocycles. The Kier molecular flexibility index (Phi) is 5.35. The number of hydrogen-bond donors (Lipinski definition) is 1. The summed E-state index contributed by atoms with van der Waals surface area (Å²) >= 11 is 6.15. The molecule has 156 valence electrons. The number of aromatic nitrogens is 1. The lowest BCUT2D eigenvalue weighted by molar-refractivity contribution is 0.0978. The molecule has 1 aliphatic heterocycles. The number of allylic oxidation sites excluding steroid dienone is 2. The van der Waals surface area contributed by atoms with Gasteiger partial charge in [0.1, 0.15) is 16.4 Å². The molecular formula is C20H19ClN4O4S. The Hall–Kier alpha value is -2.75. The molecular weight excluding hydrogens is 428 g/mol. The third kappa shape index (κ3) is 3.83. The number of halogens is 1. The molecule has 2 aromatic rings. The quantitative estimate of drug-likeness (QED) is 0.767. The van der Waals surface area contributed by atoms with Crippen LogP contribution < -0.4 is 10.2 Å². The smallest absolute Gasteiger partial charge is 0.225 e. The first kappa shape index (κ1) is 20.5. The van der Waals surface area contributed by atoms with E-state index in [0.717, 1.165) is 5.69 Å². The first-order chi connectivity index (χ1) is 14.3. The molecule has 1 fully saturated rings. The van der Waals surface area contributed by atoms with Crippen molar-refractivity contribution < 1.29 is 18.0 Å². The van der Waals surface area contributed by atoms with Crippen LogP contribution in [0, 0.1) is 0 Å². The van der Waals surface area contributed by atoms with Gasteiger partial charge in [0.2, 0.25) is 21.6 Å². The molecule has 4 rings (SSSR count). The summed E-state index contributed by atoms with van der Waals surface area (Å²) in [5, 5.41) is 2.76. The van der Waals surface area contributed by atoms with Crippen LogP contribution in [-0.4, -0.2) is 61.7 Å². The number of anilines is 2. The molecule has 0 unspecified atom stereocenters. The zero-order valence-electron chi connectivity index (χ0n) is 16.1. The topological polar surface area (TPSA) is 99.7 Å². The Labute approximate surface area is 179 Å². The zero-order chi connectivity index (χ0) is 21.5. The number of carbonyl (C=O) groups excluding carboxylic acids is 2. The van der Waals surface area contributed by atoms with Gasteiger partial charge in [0, 0.05) is 43.8 Å². The van der Waals surface area contributed by atoms with Gasteiger partial charge in [-0.05, 0) is 36.4 Å². The number of benzene rings is 1. The average molecular weight is 447 g/mol. The largest absolute Gasteiger partial charge is 0.369 e. The third-order valence-corrected chi connectivity index (χ3v) is 6.79. The maximum atomic E-state index is 12.7. The lowest BCUT2D eigenvalue weighted by Gasteiger charge is -2.34. The highest BCUT2D eigenvalue weighted by molar-refractivity contribution is 7.88. The monoisotopic (exact) mass is 446 g/mol. The summed E-state index contributed by atoms with van der Waals surface area (Å²) in [5.41, 5.74) is 1.85. The SMILES string of the molecule is CS(=O)(=O)N1CCN(c2ccc(NC3=C(Cl)C(=O)c4ncccc4C3=O)cc2)CC1. The summed E-state index contributed by atoms with van der Waals surface area (Å²) < 4.78 is 24.8. The van der Waals surface area contributed by atoms with Crippen molar-refractivity contribution in [1.29, 1.82) is 0 Å². The summed E-state index contributed by atoms with van der Waals surface area (Å²) in [6, 6.07) is 10.5. The Morgan fingerprint density at radius 3 is 2.30 bits per heavy atom. The van der Waals surface area contributed by atoms with Crippen LogP contribution in [0.1, 0.15) is 20.8 Å². The van der Waals surface area contributed by atoms with E-state index in [1.165, 1.54) is 16.8 Å². The van der Waals surface area contributed by atoms with Crippen molar-refractivity contribution in [2.75, 3.05) is 42.7 Å². The fourth-order valence-electron chi connectivity index (χ4n) is 3.51. The van der Waals surface area contributed by atoms with E-state index < -0.39 is 15.8 Å². The summed E-state index contributed by atoms with van der Waals surface area (Å²) in [5.74, 6) is -0.876. The van der Waals surface area contributed by atoms with Crippen LogP contribution in [-0.2, 0) is 10.0 Å². The van der Waals surface area contributed by atoms with Crippen LogP contribution in [0.25, 0.3) is 0 Å². The molecule has 0 bridgehead atoms. The standard InChI is InChI=1S/C20H19ClN4O4S/c1-30(28,29)25-11-9-24(10-12-25)14-6-4-13(5-7-14)23-18-16(21)20(27)17-15(19(18)26)3-2-8-22-17/h2-8,23H,9-12H2,1H3. The van der Waals surface area contributed by atoms with Gasteiger partial charge in [-0.15, -0.1) is 0 Å². The fraction of sp³-hybridized carbons (Fsp3) is 0.250. The summed E-state index contributed by atoms with van der Waals surface area (Å²) in [6.45, 7) is 2.05. The van der Waals surface area contributed by atoms with Gasteiger partial charge in [-0.3, -0.25) is 14.6 Å². The van der Waals surface area contributed by atoms with Gasteiger partial charge >= 0.3 is 0 Å². The number of hydrogen-bond acceptors (Lipinski definition) is 7. The maximum absolute atomic E-state index is 12.7. The second-order valence-electron chi connectivity index (χ2n) is 7.07. The molecule has 2 aliphatic rings. The number of piperazine rings is 1. The van der Waals surface area contributed by atoms with Gasteiger partial charge in [0.25, 0.3) is 0 Å². The molecule has 1 aromatic carbocycles. The predicted molar refractivity (Wildman–Crippen MR) is 114 cm³/mol. The number of ketones is 2. The van der Waals surface area contributed by atoms with Crippen molar-refractivity contribution >= 4 is 44.6 Å². The minimum Gasteiger partial charge on any atom is -0.369 e. The molecule has 1 aliphatic carbocycles. The van der Waals surface area contributed by atoms with Crippen molar-refractivity contribution in [1.82, 2.24) is 9.29 Å². The van der Waals surface area contributed by atoms with Crippen LogP contribution in [0.4, 0.5) is 11.4 Å². The van der Waals surface area contributed by atoms with Gasteiger partial charge < -0.3 is 10.2 Å². The Morgan fingerprint density at radius 2 is 1.67 bits per heavy atom. The number of pyridine rings is 1. The number of fused-ring (bicyclic) bond motifs is 1. The van der Waals surface area contributed by atoms with Gasteiger partial charge in [-0.1, -0.05) is 11.6 Å². The number of nitrogens with zero attached hydrogens (tertiary/aromatic N) is 3. The Bertz CT molecular complexity index is 1150. The number of carbonyl (C=O) groups is 2. The molecule has 0 spiro atoms. The first-order valence-corrected chi connectivity index (χ1v) is 11.5. The molecule has 8 nitrogen and oxygen atoms in total. The minimum atomic E-state index is -3.18. The van der Waals surface area contributed by atoms with Crippen LogP contribution >= 0.6 is 11.6 Å². The van der Waals surface area contributed by atoms with E-state index in [2.05, 4.69) is 15.2 Å². The highest BCUT2D eigenvalue weighted by atomic mass is 35.5. The van der Waals surface area contributed by atoms with Crippen molar-refractivity contribution in [3.05, 3.63) is 64.6 Å². The molecule has 0 amide bonds. The lowest BCUT2D eigenvalue weighted by Crippen LogP contribution is -2.48. The maximum Gasteiger partial charge on any atom is 0.225 e. The number of nitrogens with one attached hydrogen (secondary N) is 1. The van der Waals surface area contributed by atoms with E-state index in [9.17, 15) is 18.0 Å². The first-order valence-electron chi connectivity index (χ1n) is 9.27. The number of sulfonamides is 1.